The summed E-state index contributed by atoms with van der Waals surface area (Å²) in [5.74, 6) is 0.430. The lowest BCUT2D eigenvalue weighted by molar-refractivity contribution is -0.384. The summed E-state index contributed by atoms with van der Waals surface area (Å²) in [6, 6.07) is 10.6. The van der Waals surface area contributed by atoms with E-state index in [4.69, 9.17) is 0 Å². The van der Waals surface area contributed by atoms with Crippen molar-refractivity contribution in [2.75, 3.05) is 0 Å². The van der Waals surface area contributed by atoms with Crippen LogP contribution in [0.4, 0.5) is 5.69 Å². The summed E-state index contributed by atoms with van der Waals surface area (Å²) in [6.45, 7) is 4.26. The van der Waals surface area contributed by atoms with E-state index in [0.29, 0.717) is 5.92 Å². The Morgan fingerprint density at radius 2 is 2.05 bits per heavy atom. The van der Waals surface area contributed by atoms with Gasteiger partial charge in [0.1, 0.15) is 0 Å². The molecule has 4 nitrogen and oxygen atoms in total. The van der Waals surface area contributed by atoms with E-state index in [-0.39, 0.29) is 10.6 Å². The molecule has 1 heterocycles. The lowest BCUT2D eigenvalue weighted by Gasteiger charge is -2.08. The van der Waals surface area contributed by atoms with Crippen LogP contribution in [0.2, 0.25) is 0 Å². The maximum Gasteiger partial charge on any atom is 0.270 e. The molecule has 1 unspecified atom stereocenters. The molecule has 0 spiro atoms. The van der Waals surface area contributed by atoms with Crippen molar-refractivity contribution in [2.24, 2.45) is 0 Å². The quantitative estimate of drug-likeness (QED) is 0.609. The summed E-state index contributed by atoms with van der Waals surface area (Å²) in [5, 5.41) is 10.8. The Bertz CT molecular complexity index is 579. The Hall–Kier alpha value is -2.23. The first-order valence-corrected chi connectivity index (χ1v) is 6.32. The molecular formula is C15H16N2O2. The molecule has 19 heavy (non-hydrogen) atoms. The summed E-state index contributed by atoms with van der Waals surface area (Å²) in [5.41, 5.74) is 2.87. The minimum absolute atomic E-state index is 0.100. The number of rotatable bonds is 4. The van der Waals surface area contributed by atoms with E-state index in [1.54, 1.807) is 18.3 Å². The van der Waals surface area contributed by atoms with E-state index in [0.717, 1.165) is 23.2 Å². The predicted molar refractivity (Wildman–Crippen MR) is 75.0 cm³/mol. The number of hydrogen-bond acceptors (Lipinski definition) is 3. The summed E-state index contributed by atoms with van der Waals surface area (Å²) in [4.78, 5) is 14.8. The second-order valence-corrected chi connectivity index (χ2v) is 4.59. The van der Waals surface area contributed by atoms with Crippen LogP contribution in [0.1, 0.15) is 31.9 Å². The Morgan fingerprint density at radius 3 is 2.63 bits per heavy atom. The fourth-order valence-electron chi connectivity index (χ4n) is 1.88. The van der Waals surface area contributed by atoms with Crippen molar-refractivity contribution in [1.82, 2.24) is 4.98 Å². The van der Waals surface area contributed by atoms with E-state index >= 15 is 0 Å². The average molecular weight is 256 g/mol. The van der Waals surface area contributed by atoms with Gasteiger partial charge in [-0.3, -0.25) is 15.1 Å². The van der Waals surface area contributed by atoms with Gasteiger partial charge in [0.15, 0.2) is 0 Å². The highest BCUT2D eigenvalue weighted by molar-refractivity contribution is 5.65. The van der Waals surface area contributed by atoms with E-state index < -0.39 is 0 Å². The molecule has 1 aromatic heterocycles. The van der Waals surface area contributed by atoms with Crippen molar-refractivity contribution in [1.29, 1.82) is 0 Å². The third-order valence-corrected chi connectivity index (χ3v) is 3.29. The van der Waals surface area contributed by atoms with Crippen LogP contribution in [0.25, 0.3) is 11.1 Å². The third-order valence-electron chi connectivity index (χ3n) is 3.29. The fourth-order valence-corrected chi connectivity index (χ4v) is 1.88. The van der Waals surface area contributed by atoms with Crippen LogP contribution >= 0.6 is 0 Å². The molecule has 0 radical (unpaired) electrons. The lowest BCUT2D eigenvalue weighted by Crippen LogP contribution is -1.95. The highest BCUT2D eigenvalue weighted by Crippen LogP contribution is 2.25. The third kappa shape index (κ3) is 2.96. The minimum Gasteiger partial charge on any atom is -0.260 e. The first-order valence-electron chi connectivity index (χ1n) is 6.32. The molecular weight excluding hydrogens is 240 g/mol. The van der Waals surface area contributed by atoms with Crippen LogP contribution in [0.3, 0.4) is 0 Å². The monoisotopic (exact) mass is 256 g/mol. The molecule has 1 atom stereocenters. The Balaban J connectivity index is 2.32. The summed E-state index contributed by atoms with van der Waals surface area (Å²) in [6.07, 6.45) is 2.82. The van der Waals surface area contributed by atoms with Gasteiger partial charge < -0.3 is 0 Å². The number of nitro benzene ring substituents is 1. The first kappa shape index (κ1) is 13.2. The van der Waals surface area contributed by atoms with Gasteiger partial charge in [-0.25, -0.2) is 0 Å². The van der Waals surface area contributed by atoms with Crippen molar-refractivity contribution >= 4 is 5.69 Å². The molecule has 0 bridgehead atoms. The predicted octanol–water partition coefficient (Wildman–Crippen LogP) is 4.17. The summed E-state index contributed by atoms with van der Waals surface area (Å²) >= 11 is 0. The molecule has 0 aliphatic carbocycles. The van der Waals surface area contributed by atoms with Gasteiger partial charge >= 0.3 is 0 Å². The second kappa shape index (κ2) is 5.61. The van der Waals surface area contributed by atoms with Gasteiger partial charge in [-0.2, -0.15) is 0 Å². The van der Waals surface area contributed by atoms with E-state index in [1.165, 1.54) is 6.07 Å². The van der Waals surface area contributed by atoms with Crippen molar-refractivity contribution in [2.45, 2.75) is 26.2 Å². The standard InChI is InChI=1S/C15H16N2O2/c1-3-11(2)15-8-7-13(10-16-15)12-5-4-6-14(9-12)17(18)19/h4-11H,3H2,1-2H3. The summed E-state index contributed by atoms with van der Waals surface area (Å²) < 4.78 is 0. The Morgan fingerprint density at radius 1 is 1.26 bits per heavy atom. The minimum atomic E-state index is -0.384. The number of hydrogen-bond donors (Lipinski definition) is 0. The molecule has 1 aromatic carbocycles. The first-order chi connectivity index (χ1) is 9.11. The lowest BCUT2D eigenvalue weighted by atomic mass is 10.0. The van der Waals surface area contributed by atoms with Crippen LogP contribution < -0.4 is 0 Å². The maximum atomic E-state index is 10.8. The molecule has 0 amide bonds. The molecule has 2 aromatic rings. The zero-order valence-electron chi connectivity index (χ0n) is 11.0. The maximum absolute atomic E-state index is 10.8. The molecule has 0 aliphatic heterocycles. The molecule has 0 saturated carbocycles. The number of benzene rings is 1. The van der Waals surface area contributed by atoms with Gasteiger partial charge in [0.05, 0.1) is 4.92 Å². The Kier molecular flexibility index (Phi) is 3.90. The zero-order chi connectivity index (χ0) is 13.8. The van der Waals surface area contributed by atoms with E-state index in [2.05, 4.69) is 18.8 Å². The molecule has 4 heteroatoms. The molecule has 0 N–H and O–H groups in total. The van der Waals surface area contributed by atoms with Gasteiger partial charge in [-0.05, 0) is 24.0 Å². The Labute approximate surface area is 112 Å². The van der Waals surface area contributed by atoms with Crippen LogP contribution in [-0.4, -0.2) is 9.91 Å². The van der Waals surface area contributed by atoms with E-state index in [9.17, 15) is 10.1 Å². The highest BCUT2D eigenvalue weighted by Gasteiger charge is 2.08. The van der Waals surface area contributed by atoms with Crippen molar-refractivity contribution in [3.8, 4) is 11.1 Å². The molecule has 98 valence electrons. The van der Waals surface area contributed by atoms with Crippen LogP contribution in [-0.2, 0) is 0 Å². The molecule has 0 saturated heterocycles. The van der Waals surface area contributed by atoms with Crippen LogP contribution in [0, 0.1) is 10.1 Å². The molecule has 2 rings (SSSR count). The number of nitrogens with zero attached hydrogens (tertiary/aromatic N) is 2. The zero-order valence-corrected chi connectivity index (χ0v) is 11.0. The van der Waals surface area contributed by atoms with Crippen molar-refractivity contribution in [3.05, 3.63) is 58.4 Å². The summed E-state index contributed by atoms with van der Waals surface area (Å²) in [7, 11) is 0. The van der Waals surface area contributed by atoms with Gasteiger partial charge in [-0.15, -0.1) is 0 Å². The van der Waals surface area contributed by atoms with Gasteiger partial charge in [0, 0.05) is 29.6 Å². The number of non-ortho nitro benzene ring substituents is 1. The highest BCUT2D eigenvalue weighted by atomic mass is 16.6. The largest absolute Gasteiger partial charge is 0.270 e. The topological polar surface area (TPSA) is 56.0 Å². The van der Waals surface area contributed by atoms with Crippen LogP contribution in [0.5, 0.6) is 0 Å². The molecule has 0 aliphatic rings. The number of pyridine rings is 1. The van der Waals surface area contributed by atoms with E-state index in [1.807, 2.05) is 18.2 Å². The van der Waals surface area contributed by atoms with Gasteiger partial charge in [0.2, 0.25) is 0 Å². The molecule has 0 fully saturated rings. The fraction of sp³-hybridized carbons (Fsp3) is 0.267. The van der Waals surface area contributed by atoms with Crippen molar-refractivity contribution < 1.29 is 4.92 Å². The van der Waals surface area contributed by atoms with Gasteiger partial charge in [0.25, 0.3) is 5.69 Å². The smallest absolute Gasteiger partial charge is 0.260 e. The average Bonchev–Trinajstić information content (AvgIpc) is 2.46. The SMILES string of the molecule is CCC(C)c1ccc(-c2cccc([N+](=O)[O-])c2)cn1. The van der Waals surface area contributed by atoms with Gasteiger partial charge in [-0.1, -0.05) is 32.0 Å². The normalized spacial score (nSPS) is 12.1. The van der Waals surface area contributed by atoms with Crippen LogP contribution in [0.15, 0.2) is 42.6 Å². The number of nitro groups is 1. The second-order valence-electron chi connectivity index (χ2n) is 4.59. The number of aromatic nitrogens is 1. The van der Waals surface area contributed by atoms with Crippen molar-refractivity contribution in [3.63, 3.8) is 0 Å².